The first kappa shape index (κ1) is 8.49. The minimum Gasteiger partial charge on any atom is -0.468 e. The minimum atomic E-state index is -0.811. The number of carbonyl (C=O) groups excluding carboxylic acids is 1. The predicted octanol–water partition coefficient (Wildman–Crippen LogP) is -0.726. The van der Waals surface area contributed by atoms with Gasteiger partial charge in [-0.25, -0.2) is 4.79 Å². The lowest BCUT2D eigenvalue weighted by molar-refractivity contribution is -0.149. The minimum absolute atomic E-state index is 0.181. The van der Waals surface area contributed by atoms with Crippen molar-refractivity contribution in [2.75, 3.05) is 20.3 Å². The first-order chi connectivity index (χ1) is 5.25. The molecule has 11 heavy (non-hydrogen) atoms. The van der Waals surface area contributed by atoms with Crippen LogP contribution in [0.25, 0.3) is 0 Å². The second kappa shape index (κ2) is 3.19. The highest BCUT2D eigenvalue weighted by Gasteiger charge is 2.41. The second-order valence-electron chi connectivity index (χ2n) is 2.76. The summed E-state index contributed by atoms with van der Waals surface area (Å²) in [6.45, 7) is 0.593. The number of rotatable bonds is 2. The summed E-state index contributed by atoms with van der Waals surface area (Å²) in [6, 6.07) is 0. The number of methoxy groups -OCH3 is 1. The van der Waals surface area contributed by atoms with Crippen molar-refractivity contribution < 1.29 is 14.6 Å². The van der Waals surface area contributed by atoms with Crippen molar-refractivity contribution in [2.24, 2.45) is 0 Å². The van der Waals surface area contributed by atoms with Gasteiger partial charge in [0.1, 0.15) is 5.54 Å². The van der Waals surface area contributed by atoms with E-state index in [2.05, 4.69) is 10.1 Å². The zero-order valence-electron chi connectivity index (χ0n) is 6.59. The van der Waals surface area contributed by atoms with E-state index in [0.29, 0.717) is 6.42 Å². The van der Waals surface area contributed by atoms with Gasteiger partial charge >= 0.3 is 5.97 Å². The molecular formula is C7H13NO3. The van der Waals surface area contributed by atoms with E-state index < -0.39 is 5.54 Å². The predicted molar refractivity (Wildman–Crippen MR) is 39.1 cm³/mol. The molecule has 0 aromatic rings. The molecule has 0 aromatic heterocycles. The molecule has 0 aromatic carbocycles. The lowest BCUT2D eigenvalue weighted by atomic mass is 9.99. The van der Waals surface area contributed by atoms with Gasteiger partial charge in [0.05, 0.1) is 13.7 Å². The third-order valence-electron chi connectivity index (χ3n) is 2.09. The highest BCUT2D eigenvalue weighted by molar-refractivity contribution is 5.81. The zero-order chi connectivity index (χ0) is 8.32. The molecule has 2 N–H and O–H groups in total. The van der Waals surface area contributed by atoms with Crippen LogP contribution in [-0.4, -0.2) is 36.9 Å². The van der Waals surface area contributed by atoms with E-state index in [1.807, 2.05) is 0 Å². The van der Waals surface area contributed by atoms with Crippen LogP contribution in [0.15, 0.2) is 0 Å². The van der Waals surface area contributed by atoms with Gasteiger partial charge in [-0.05, 0) is 19.4 Å². The van der Waals surface area contributed by atoms with Gasteiger partial charge in [-0.3, -0.25) is 5.32 Å². The van der Waals surface area contributed by atoms with E-state index in [-0.39, 0.29) is 12.6 Å². The third-order valence-corrected chi connectivity index (χ3v) is 2.09. The highest BCUT2D eigenvalue weighted by atomic mass is 16.5. The second-order valence-corrected chi connectivity index (χ2v) is 2.76. The number of hydrogen-bond donors (Lipinski definition) is 2. The fourth-order valence-corrected chi connectivity index (χ4v) is 1.38. The quantitative estimate of drug-likeness (QED) is 0.522. The molecule has 0 aliphatic carbocycles. The van der Waals surface area contributed by atoms with Gasteiger partial charge < -0.3 is 9.84 Å². The van der Waals surface area contributed by atoms with Crippen LogP contribution in [0.4, 0.5) is 0 Å². The Kier molecular flexibility index (Phi) is 2.46. The Bertz CT molecular complexity index is 152. The highest BCUT2D eigenvalue weighted by Crippen LogP contribution is 2.19. The number of aliphatic hydroxyl groups is 1. The number of nitrogens with one attached hydrogen (secondary N) is 1. The Hall–Kier alpha value is -0.610. The molecule has 0 spiro atoms. The zero-order valence-corrected chi connectivity index (χ0v) is 6.59. The number of esters is 1. The smallest absolute Gasteiger partial charge is 0.328 e. The maximum atomic E-state index is 11.1. The summed E-state index contributed by atoms with van der Waals surface area (Å²) in [5.41, 5.74) is -0.811. The summed E-state index contributed by atoms with van der Waals surface area (Å²) in [5.74, 6) is -0.363. The Morgan fingerprint density at radius 1 is 1.82 bits per heavy atom. The third kappa shape index (κ3) is 1.36. The maximum Gasteiger partial charge on any atom is 0.328 e. The van der Waals surface area contributed by atoms with Crippen molar-refractivity contribution in [3.8, 4) is 0 Å². The van der Waals surface area contributed by atoms with Crippen LogP contribution >= 0.6 is 0 Å². The molecule has 1 saturated heterocycles. The molecule has 1 aliphatic heterocycles. The van der Waals surface area contributed by atoms with Crippen LogP contribution in [0.5, 0.6) is 0 Å². The van der Waals surface area contributed by atoms with E-state index in [1.54, 1.807) is 0 Å². The standard InChI is InChI=1S/C7H13NO3/c1-11-6(10)7(5-9)3-2-4-8-7/h8-9H,2-5H2,1H3. The average Bonchev–Trinajstić information content (AvgIpc) is 2.52. The van der Waals surface area contributed by atoms with E-state index >= 15 is 0 Å². The largest absolute Gasteiger partial charge is 0.468 e. The molecule has 0 bridgehead atoms. The first-order valence-corrected chi connectivity index (χ1v) is 3.69. The first-order valence-electron chi connectivity index (χ1n) is 3.69. The number of aliphatic hydroxyl groups excluding tert-OH is 1. The fraction of sp³-hybridized carbons (Fsp3) is 0.857. The van der Waals surface area contributed by atoms with Crippen molar-refractivity contribution in [2.45, 2.75) is 18.4 Å². The van der Waals surface area contributed by atoms with Crippen LogP contribution in [0, 0.1) is 0 Å². The molecular weight excluding hydrogens is 146 g/mol. The summed E-state index contributed by atoms with van der Waals surface area (Å²) in [5, 5.41) is 11.9. The van der Waals surface area contributed by atoms with Gasteiger partial charge in [-0.2, -0.15) is 0 Å². The molecule has 64 valence electrons. The average molecular weight is 159 g/mol. The van der Waals surface area contributed by atoms with Crippen LogP contribution in [0.1, 0.15) is 12.8 Å². The van der Waals surface area contributed by atoms with Gasteiger partial charge in [0.15, 0.2) is 0 Å². The van der Waals surface area contributed by atoms with E-state index in [9.17, 15) is 4.79 Å². The molecule has 0 saturated carbocycles. The Morgan fingerprint density at radius 2 is 2.55 bits per heavy atom. The Morgan fingerprint density at radius 3 is 2.91 bits per heavy atom. The van der Waals surface area contributed by atoms with E-state index in [1.165, 1.54) is 7.11 Å². The summed E-state index contributed by atoms with van der Waals surface area (Å²) in [7, 11) is 1.33. The molecule has 1 rings (SSSR count). The number of carbonyl (C=O) groups is 1. The molecule has 1 atom stereocenters. The van der Waals surface area contributed by atoms with Crippen molar-refractivity contribution in [1.82, 2.24) is 5.32 Å². The lowest BCUT2D eigenvalue weighted by Crippen LogP contribution is -2.51. The van der Waals surface area contributed by atoms with Gasteiger partial charge in [-0.1, -0.05) is 0 Å². The summed E-state index contributed by atoms with van der Waals surface area (Å²) < 4.78 is 4.57. The van der Waals surface area contributed by atoms with Gasteiger partial charge in [0.25, 0.3) is 0 Å². The van der Waals surface area contributed by atoms with Crippen LogP contribution < -0.4 is 5.32 Å². The summed E-state index contributed by atoms with van der Waals surface area (Å²) in [6.07, 6.45) is 1.58. The number of ether oxygens (including phenoxy) is 1. The van der Waals surface area contributed by atoms with Crippen molar-refractivity contribution in [3.05, 3.63) is 0 Å². The van der Waals surface area contributed by atoms with E-state index in [4.69, 9.17) is 5.11 Å². The fourth-order valence-electron chi connectivity index (χ4n) is 1.38. The van der Waals surface area contributed by atoms with E-state index in [0.717, 1.165) is 13.0 Å². The monoisotopic (exact) mass is 159 g/mol. The summed E-state index contributed by atoms with van der Waals surface area (Å²) in [4.78, 5) is 11.1. The Labute approximate surface area is 65.5 Å². The van der Waals surface area contributed by atoms with Crippen molar-refractivity contribution >= 4 is 5.97 Å². The van der Waals surface area contributed by atoms with Gasteiger partial charge in [0.2, 0.25) is 0 Å². The Balaban J connectivity index is 2.66. The van der Waals surface area contributed by atoms with Crippen molar-refractivity contribution in [1.29, 1.82) is 0 Å². The lowest BCUT2D eigenvalue weighted by Gasteiger charge is -2.23. The molecule has 1 fully saturated rings. The van der Waals surface area contributed by atoms with Crippen LogP contribution in [0.2, 0.25) is 0 Å². The molecule has 1 unspecified atom stereocenters. The van der Waals surface area contributed by atoms with Crippen LogP contribution in [0.3, 0.4) is 0 Å². The molecule has 1 heterocycles. The number of hydrogen-bond acceptors (Lipinski definition) is 4. The molecule has 1 aliphatic rings. The SMILES string of the molecule is COC(=O)C1(CO)CCCN1. The van der Waals surface area contributed by atoms with Crippen molar-refractivity contribution in [3.63, 3.8) is 0 Å². The summed E-state index contributed by atoms with van der Waals surface area (Å²) >= 11 is 0. The molecule has 4 heteroatoms. The molecule has 4 nitrogen and oxygen atoms in total. The van der Waals surface area contributed by atoms with Gasteiger partial charge in [0, 0.05) is 0 Å². The maximum absolute atomic E-state index is 11.1. The topological polar surface area (TPSA) is 58.6 Å². The van der Waals surface area contributed by atoms with Crippen LogP contribution in [-0.2, 0) is 9.53 Å². The molecule has 0 radical (unpaired) electrons. The van der Waals surface area contributed by atoms with Gasteiger partial charge in [-0.15, -0.1) is 0 Å². The molecule has 0 amide bonds. The normalized spacial score (nSPS) is 30.4.